The Hall–Kier alpha value is -1.20. The second kappa shape index (κ2) is 5.23. The van der Waals surface area contributed by atoms with Crippen molar-refractivity contribution in [2.24, 2.45) is 0 Å². The zero-order valence-corrected chi connectivity index (χ0v) is 10.4. The molecule has 0 radical (unpaired) electrons. The summed E-state index contributed by atoms with van der Waals surface area (Å²) >= 11 is 1.73. The minimum Gasteiger partial charge on any atom is -0.329 e. The van der Waals surface area contributed by atoms with E-state index in [1.165, 1.54) is 4.88 Å². The van der Waals surface area contributed by atoms with Crippen molar-refractivity contribution in [1.82, 2.24) is 19.9 Å². The molecule has 0 atom stereocenters. The molecule has 4 nitrogen and oxygen atoms in total. The fraction of sp³-hybridized carbons (Fsp3) is 0.455. The molecule has 0 fully saturated rings. The predicted molar refractivity (Wildman–Crippen MR) is 66.4 cm³/mol. The molecule has 2 rings (SSSR count). The van der Waals surface area contributed by atoms with Gasteiger partial charge in [-0.2, -0.15) is 0 Å². The number of rotatable bonds is 5. The fourth-order valence-corrected chi connectivity index (χ4v) is 2.41. The summed E-state index contributed by atoms with van der Waals surface area (Å²) in [6, 6.07) is 0. The van der Waals surface area contributed by atoms with Crippen LogP contribution in [0.15, 0.2) is 18.7 Å². The summed E-state index contributed by atoms with van der Waals surface area (Å²) in [6.45, 7) is 7.03. The molecule has 0 aliphatic carbocycles. The predicted octanol–water partition coefficient (Wildman–Crippen LogP) is 2.14. The Labute approximate surface area is 99.4 Å². The molecule has 2 aromatic rings. The van der Waals surface area contributed by atoms with Gasteiger partial charge in [0.15, 0.2) is 0 Å². The monoisotopic (exact) mass is 236 g/mol. The van der Waals surface area contributed by atoms with E-state index in [-0.39, 0.29) is 0 Å². The van der Waals surface area contributed by atoms with Crippen molar-refractivity contribution in [3.63, 3.8) is 0 Å². The van der Waals surface area contributed by atoms with Crippen LogP contribution >= 0.6 is 11.3 Å². The van der Waals surface area contributed by atoms with Gasteiger partial charge in [-0.15, -0.1) is 11.3 Å². The number of thiazole rings is 1. The minimum absolute atomic E-state index is 0.897. The van der Waals surface area contributed by atoms with Crippen LogP contribution in [0.4, 0.5) is 0 Å². The van der Waals surface area contributed by atoms with Gasteiger partial charge in [0, 0.05) is 24.2 Å². The summed E-state index contributed by atoms with van der Waals surface area (Å²) in [6.07, 6.45) is 5.66. The van der Waals surface area contributed by atoms with Crippen LogP contribution < -0.4 is 5.32 Å². The van der Waals surface area contributed by atoms with Crippen LogP contribution in [0.5, 0.6) is 0 Å². The lowest BCUT2D eigenvalue weighted by Crippen LogP contribution is -2.10. The highest BCUT2D eigenvalue weighted by Gasteiger charge is 2.08. The molecule has 1 N–H and O–H groups in total. The average Bonchev–Trinajstić information content (AvgIpc) is 2.94. The molecule has 2 aromatic heterocycles. The van der Waals surface area contributed by atoms with Crippen molar-refractivity contribution in [2.75, 3.05) is 6.54 Å². The van der Waals surface area contributed by atoms with E-state index >= 15 is 0 Å². The van der Waals surface area contributed by atoms with E-state index in [1.54, 1.807) is 11.3 Å². The van der Waals surface area contributed by atoms with Crippen molar-refractivity contribution < 1.29 is 0 Å². The lowest BCUT2D eigenvalue weighted by atomic mass is 10.5. The quantitative estimate of drug-likeness (QED) is 0.865. The van der Waals surface area contributed by atoms with Gasteiger partial charge in [-0.3, -0.25) is 0 Å². The minimum atomic E-state index is 0.897. The standard InChI is InChI=1S/C11H16N4S/c1-3-12-5-9-6-14-11(16-9)10-7-13-8-15(10)4-2/h6-8,12H,3-5H2,1-2H3. The number of imidazole rings is 1. The van der Waals surface area contributed by atoms with E-state index in [9.17, 15) is 0 Å². The summed E-state index contributed by atoms with van der Waals surface area (Å²) in [5.74, 6) is 0. The molecule has 0 unspecified atom stereocenters. The number of nitrogens with one attached hydrogen (secondary N) is 1. The molecule has 0 aromatic carbocycles. The molecular weight excluding hydrogens is 220 g/mol. The highest BCUT2D eigenvalue weighted by Crippen LogP contribution is 2.24. The third-order valence-electron chi connectivity index (χ3n) is 2.37. The molecule has 0 amide bonds. The zero-order chi connectivity index (χ0) is 11.4. The molecule has 86 valence electrons. The topological polar surface area (TPSA) is 42.7 Å². The largest absolute Gasteiger partial charge is 0.329 e. The summed E-state index contributed by atoms with van der Waals surface area (Å²) in [4.78, 5) is 9.86. The maximum atomic E-state index is 4.44. The maximum Gasteiger partial charge on any atom is 0.141 e. The summed E-state index contributed by atoms with van der Waals surface area (Å²) in [5, 5.41) is 4.35. The maximum absolute atomic E-state index is 4.44. The highest BCUT2D eigenvalue weighted by molar-refractivity contribution is 7.15. The van der Waals surface area contributed by atoms with E-state index in [1.807, 2.05) is 18.7 Å². The first-order chi connectivity index (χ1) is 7.85. The van der Waals surface area contributed by atoms with Crippen molar-refractivity contribution in [1.29, 1.82) is 0 Å². The average molecular weight is 236 g/mol. The number of hydrogen-bond acceptors (Lipinski definition) is 4. The Bertz CT molecular complexity index is 446. The Morgan fingerprint density at radius 3 is 3.00 bits per heavy atom. The van der Waals surface area contributed by atoms with Gasteiger partial charge >= 0.3 is 0 Å². The van der Waals surface area contributed by atoms with Crippen LogP contribution in [-0.4, -0.2) is 21.1 Å². The normalized spacial score (nSPS) is 10.9. The molecule has 0 aliphatic heterocycles. The number of aryl methyl sites for hydroxylation is 1. The van der Waals surface area contributed by atoms with Gasteiger partial charge in [0.25, 0.3) is 0 Å². The van der Waals surface area contributed by atoms with E-state index in [2.05, 4.69) is 33.7 Å². The van der Waals surface area contributed by atoms with Gasteiger partial charge in [-0.1, -0.05) is 6.92 Å². The van der Waals surface area contributed by atoms with Gasteiger partial charge in [0.2, 0.25) is 0 Å². The molecule has 0 saturated heterocycles. The number of aromatic nitrogens is 3. The Morgan fingerprint density at radius 2 is 2.25 bits per heavy atom. The van der Waals surface area contributed by atoms with Crippen LogP contribution in [0, 0.1) is 0 Å². The van der Waals surface area contributed by atoms with E-state index in [0.29, 0.717) is 0 Å². The van der Waals surface area contributed by atoms with Gasteiger partial charge in [0.05, 0.1) is 18.2 Å². The third kappa shape index (κ3) is 2.31. The first-order valence-corrected chi connectivity index (χ1v) is 6.32. The summed E-state index contributed by atoms with van der Waals surface area (Å²) in [7, 11) is 0. The van der Waals surface area contributed by atoms with Crippen molar-refractivity contribution in [3.05, 3.63) is 23.6 Å². The molecule has 0 aliphatic rings. The van der Waals surface area contributed by atoms with Gasteiger partial charge in [-0.05, 0) is 13.5 Å². The van der Waals surface area contributed by atoms with Crippen molar-refractivity contribution >= 4 is 11.3 Å². The van der Waals surface area contributed by atoms with Gasteiger partial charge in [0.1, 0.15) is 5.01 Å². The molecule has 0 saturated carbocycles. The molecule has 0 bridgehead atoms. The van der Waals surface area contributed by atoms with E-state index in [0.717, 1.165) is 30.3 Å². The lowest BCUT2D eigenvalue weighted by molar-refractivity contribution is 0.734. The second-order valence-electron chi connectivity index (χ2n) is 3.48. The third-order valence-corrected chi connectivity index (χ3v) is 3.39. The van der Waals surface area contributed by atoms with Crippen molar-refractivity contribution in [2.45, 2.75) is 26.9 Å². The van der Waals surface area contributed by atoms with Gasteiger partial charge < -0.3 is 9.88 Å². The first-order valence-electron chi connectivity index (χ1n) is 5.51. The number of nitrogens with zero attached hydrogens (tertiary/aromatic N) is 3. The molecule has 0 spiro atoms. The van der Waals surface area contributed by atoms with Gasteiger partial charge in [-0.25, -0.2) is 9.97 Å². The lowest BCUT2D eigenvalue weighted by Gasteiger charge is -2.00. The fourth-order valence-electron chi connectivity index (χ4n) is 1.51. The molecular formula is C11H16N4S. The van der Waals surface area contributed by atoms with Crippen molar-refractivity contribution in [3.8, 4) is 10.7 Å². The van der Waals surface area contributed by atoms with E-state index < -0.39 is 0 Å². The highest BCUT2D eigenvalue weighted by atomic mass is 32.1. The van der Waals surface area contributed by atoms with E-state index in [4.69, 9.17) is 0 Å². The van der Waals surface area contributed by atoms with Crippen LogP contribution in [-0.2, 0) is 13.1 Å². The molecule has 16 heavy (non-hydrogen) atoms. The smallest absolute Gasteiger partial charge is 0.141 e. The SMILES string of the molecule is CCNCc1cnc(-c2cncn2CC)s1. The van der Waals surface area contributed by atoms with Crippen LogP contribution in [0.1, 0.15) is 18.7 Å². The summed E-state index contributed by atoms with van der Waals surface area (Å²) < 4.78 is 2.11. The Kier molecular flexibility index (Phi) is 3.69. The van der Waals surface area contributed by atoms with Crippen LogP contribution in [0.3, 0.4) is 0 Å². The van der Waals surface area contributed by atoms with Crippen LogP contribution in [0.2, 0.25) is 0 Å². The summed E-state index contributed by atoms with van der Waals surface area (Å²) in [5.41, 5.74) is 1.11. The first kappa shape index (κ1) is 11.3. The molecule has 5 heteroatoms. The molecule has 2 heterocycles. The Morgan fingerprint density at radius 1 is 1.38 bits per heavy atom. The Balaban J connectivity index is 2.18. The zero-order valence-electron chi connectivity index (χ0n) is 9.60. The second-order valence-corrected chi connectivity index (χ2v) is 4.59. The number of hydrogen-bond donors (Lipinski definition) is 1. The van der Waals surface area contributed by atoms with Crippen LogP contribution in [0.25, 0.3) is 10.7 Å².